The van der Waals surface area contributed by atoms with Crippen molar-refractivity contribution in [3.05, 3.63) is 87.7 Å². The van der Waals surface area contributed by atoms with Crippen LogP contribution in [0.4, 0.5) is 0 Å². The van der Waals surface area contributed by atoms with Crippen LogP contribution < -0.4 is 10.3 Å². The highest BCUT2D eigenvalue weighted by Crippen LogP contribution is 2.35. The van der Waals surface area contributed by atoms with E-state index < -0.39 is 0 Å². The van der Waals surface area contributed by atoms with E-state index >= 15 is 0 Å². The lowest BCUT2D eigenvalue weighted by molar-refractivity contribution is 0.306. The molecule has 0 saturated heterocycles. The molecule has 0 amide bonds. The minimum atomic E-state index is 0.0687. The van der Waals surface area contributed by atoms with E-state index in [0.29, 0.717) is 6.61 Å². The van der Waals surface area contributed by atoms with Crippen LogP contribution in [0.5, 0.6) is 5.75 Å². The molecule has 4 rings (SSSR count). The molecule has 0 aliphatic rings. The second kappa shape index (κ2) is 8.66. The Morgan fingerprint density at radius 2 is 1.86 bits per heavy atom. The van der Waals surface area contributed by atoms with Crippen LogP contribution in [0.15, 0.2) is 71.7 Å². The average molecular weight is 404 g/mol. The molecule has 4 aromatic rings. The summed E-state index contributed by atoms with van der Waals surface area (Å²) in [5.74, 6) is 0.830. The quantitative estimate of drug-likeness (QED) is 0.368. The Kier molecular flexibility index (Phi) is 5.81. The average Bonchev–Trinajstić information content (AvgIpc) is 3.19. The number of pyridine rings is 1. The Morgan fingerprint density at radius 3 is 2.66 bits per heavy atom. The number of hydrogen-bond acceptors (Lipinski definition) is 3. The van der Waals surface area contributed by atoms with E-state index in [1.165, 1.54) is 4.88 Å². The van der Waals surface area contributed by atoms with Crippen LogP contribution in [0.1, 0.15) is 30.2 Å². The van der Waals surface area contributed by atoms with Gasteiger partial charge in [-0.15, -0.1) is 11.3 Å². The number of benzene rings is 2. The van der Waals surface area contributed by atoms with Crippen LogP contribution in [0.25, 0.3) is 21.2 Å². The summed E-state index contributed by atoms with van der Waals surface area (Å²) in [7, 11) is 1.82. The summed E-state index contributed by atoms with van der Waals surface area (Å²) in [6.45, 7) is 2.73. The molecule has 0 aliphatic heterocycles. The summed E-state index contributed by atoms with van der Waals surface area (Å²) in [4.78, 5) is 14.0. The first-order valence-electron chi connectivity index (χ1n) is 10.0. The molecule has 29 heavy (non-hydrogen) atoms. The third-order valence-corrected chi connectivity index (χ3v) is 6.30. The van der Waals surface area contributed by atoms with E-state index in [2.05, 4.69) is 37.3 Å². The maximum absolute atomic E-state index is 12.7. The molecule has 3 nitrogen and oxygen atoms in total. The number of hydrogen-bond donors (Lipinski definition) is 0. The van der Waals surface area contributed by atoms with E-state index in [1.807, 2.05) is 43.6 Å². The van der Waals surface area contributed by atoms with Gasteiger partial charge in [-0.3, -0.25) is 4.79 Å². The van der Waals surface area contributed by atoms with Crippen molar-refractivity contribution in [2.24, 2.45) is 7.05 Å². The molecule has 2 aromatic carbocycles. The summed E-state index contributed by atoms with van der Waals surface area (Å²) in [6.07, 6.45) is 5.27. The van der Waals surface area contributed by atoms with Gasteiger partial charge in [0.05, 0.1) is 5.39 Å². The number of unbranched alkanes of at least 4 members (excludes halogenated alkanes) is 1. The lowest BCUT2D eigenvalue weighted by atomic mass is 10.1. The standard InChI is InChI=1S/C25H25NO2S/c1-3-4-13-21-15-22-24(29-21)23(16-26(2)25(22)27)19-11-8-12-20(14-19)28-17-18-9-6-5-7-10-18/h5-12,14-16H,3-4,13,17H2,1-2H3. The van der Waals surface area contributed by atoms with Gasteiger partial charge in [0.25, 0.3) is 5.56 Å². The van der Waals surface area contributed by atoms with E-state index in [9.17, 15) is 4.79 Å². The lowest BCUT2D eigenvalue weighted by Crippen LogP contribution is -2.15. The second-order valence-corrected chi connectivity index (χ2v) is 8.46. The van der Waals surface area contributed by atoms with Crippen molar-refractivity contribution >= 4 is 21.4 Å². The van der Waals surface area contributed by atoms with Crippen molar-refractivity contribution < 1.29 is 4.74 Å². The Morgan fingerprint density at radius 1 is 1.03 bits per heavy atom. The van der Waals surface area contributed by atoms with Gasteiger partial charge in [-0.05, 0) is 42.2 Å². The fraction of sp³-hybridized carbons (Fsp3) is 0.240. The largest absolute Gasteiger partial charge is 0.489 e. The number of aryl methyl sites for hydroxylation is 2. The molecule has 0 saturated carbocycles. The summed E-state index contributed by atoms with van der Waals surface area (Å²) >= 11 is 1.74. The van der Waals surface area contributed by atoms with Crippen LogP contribution in [0.3, 0.4) is 0 Å². The molecule has 2 aromatic heterocycles. The molecule has 0 bridgehead atoms. The third-order valence-electron chi connectivity index (χ3n) is 5.07. The van der Waals surface area contributed by atoms with Crippen molar-refractivity contribution in [1.82, 2.24) is 4.57 Å². The molecule has 0 aliphatic carbocycles. The van der Waals surface area contributed by atoms with Crippen LogP contribution in [-0.2, 0) is 20.1 Å². The Labute approximate surface area is 175 Å². The lowest BCUT2D eigenvalue weighted by Gasteiger charge is -2.10. The highest BCUT2D eigenvalue weighted by Gasteiger charge is 2.14. The minimum absolute atomic E-state index is 0.0687. The van der Waals surface area contributed by atoms with Crippen molar-refractivity contribution in [3.8, 4) is 16.9 Å². The van der Waals surface area contributed by atoms with Gasteiger partial charge in [0.1, 0.15) is 12.4 Å². The first-order valence-corrected chi connectivity index (χ1v) is 10.9. The maximum atomic E-state index is 12.7. The van der Waals surface area contributed by atoms with Crippen LogP contribution >= 0.6 is 11.3 Å². The molecule has 0 unspecified atom stereocenters. The monoisotopic (exact) mass is 403 g/mol. The van der Waals surface area contributed by atoms with Crippen molar-refractivity contribution in [2.45, 2.75) is 32.8 Å². The molecular formula is C25H25NO2S. The summed E-state index contributed by atoms with van der Waals surface area (Å²) in [5.41, 5.74) is 3.36. The number of rotatable bonds is 7. The van der Waals surface area contributed by atoms with Crippen LogP contribution in [0.2, 0.25) is 0 Å². The molecular weight excluding hydrogens is 378 g/mol. The zero-order valence-corrected chi connectivity index (χ0v) is 17.7. The Bertz CT molecular complexity index is 1170. The number of nitrogens with zero attached hydrogens (tertiary/aromatic N) is 1. The predicted molar refractivity (Wildman–Crippen MR) is 122 cm³/mol. The third kappa shape index (κ3) is 4.28. The Balaban J connectivity index is 1.69. The summed E-state index contributed by atoms with van der Waals surface area (Å²) in [6, 6.07) is 20.4. The number of aromatic nitrogens is 1. The molecule has 4 heteroatoms. The zero-order chi connectivity index (χ0) is 20.2. The van der Waals surface area contributed by atoms with Gasteiger partial charge < -0.3 is 9.30 Å². The summed E-state index contributed by atoms with van der Waals surface area (Å²) in [5, 5.41) is 0.816. The molecule has 0 atom stereocenters. The first kappa shape index (κ1) is 19.5. The SMILES string of the molecule is CCCCc1cc2c(=O)n(C)cc(-c3cccc(OCc4ccccc4)c3)c2s1. The second-order valence-electron chi connectivity index (χ2n) is 7.32. The summed E-state index contributed by atoms with van der Waals surface area (Å²) < 4.78 is 8.77. The first-order chi connectivity index (χ1) is 14.2. The Hall–Kier alpha value is -2.85. The van der Waals surface area contributed by atoms with Gasteiger partial charge in [0.15, 0.2) is 0 Å². The van der Waals surface area contributed by atoms with E-state index in [0.717, 1.165) is 51.8 Å². The van der Waals surface area contributed by atoms with Gasteiger partial charge in [0, 0.05) is 28.4 Å². The highest BCUT2D eigenvalue weighted by molar-refractivity contribution is 7.19. The molecule has 148 valence electrons. The van der Waals surface area contributed by atoms with E-state index in [1.54, 1.807) is 15.9 Å². The highest BCUT2D eigenvalue weighted by atomic mass is 32.1. The molecule has 0 fully saturated rings. The fourth-order valence-electron chi connectivity index (χ4n) is 3.48. The zero-order valence-electron chi connectivity index (χ0n) is 16.9. The number of thiophene rings is 1. The topological polar surface area (TPSA) is 31.2 Å². The smallest absolute Gasteiger partial charge is 0.259 e. The van der Waals surface area contributed by atoms with E-state index in [-0.39, 0.29) is 5.56 Å². The van der Waals surface area contributed by atoms with Crippen LogP contribution in [0, 0.1) is 0 Å². The van der Waals surface area contributed by atoms with Crippen molar-refractivity contribution in [1.29, 1.82) is 0 Å². The fourth-order valence-corrected chi connectivity index (χ4v) is 4.70. The van der Waals surface area contributed by atoms with Crippen molar-refractivity contribution in [3.63, 3.8) is 0 Å². The number of ether oxygens (including phenoxy) is 1. The minimum Gasteiger partial charge on any atom is -0.489 e. The van der Waals surface area contributed by atoms with Crippen LogP contribution in [-0.4, -0.2) is 4.57 Å². The van der Waals surface area contributed by atoms with Gasteiger partial charge in [-0.25, -0.2) is 0 Å². The molecule has 0 radical (unpaired) electrons. The predicted octanol–water partition coefficient (Wildman–Crippen LogP) is 6.19. The normalized spacial score (nSPS) is 11.1. The van der Waals surface area contributed by atoms with Gasteiger partial charge >= 0.3 is 0 Å². The van der Waals surface area contributed by atoms with Crippen molar-refractivity contribution in [2.75, 3.05) is 0 Å². The molecule has 0 N–H and O–H groups in total. The van der Waals surface area contributed by atoms with E-state index in [4.69, 9.17) is 4.74 Å². The maximum Gasteiger partial charge on any atom is 0.259 e. The number of fused-ring (bicyclic) bond motifs is 1. The van der Waals surface area contributed by atoms with Gasteiger partial charge in [-0.2, -0.15) is 0 Å². The molecule has 2 heterocycles. The van der Waals surface area contributed by atoms with Gasteiger partial charge in [0.2, 0.25) is 0 Å². The van der Waals surface area contributed by atoms with Gasteiger partial charge in [-0.1, -0.05) is 55.8 Å². The molecule has 0 spiro atoms.